The van der Waals surface area contributed by atoms with Crippen LogP contribution in [0.5, 0.6) is 0 Å². The van der Waals surface area contributed by atoms with Crippen molar-refractivity contribution in [1.29, 1.82) is 0 Å². The van der Waals surface area contributed by atoms with Gasteiger partial charge in [0.1, 0.15) is 18.1 Å². The molecule has 2 rings (SSSR count). The molecular formula is C32H57N3O7. The minimum absolute atomic E-state index is 0.00720. The lowest BCUT2D eigenvalue weighted by molar-refractivity contribution is -0.289. The molecule has 2 aliphatic rings. The van der Waals surface area contributed by atoms with Crippen molar-refractivity contribution in [1.82, 2.24) is 15.5 Å². The molecule has 0 saturated carbocycles. The fraction of sp³-hybridized carbons (Fsp3) is 0.844. The highest BCUT2D eigenvalue weighted by atomic mass is 16.7. The summed E-state index contributed by atoms with van der Waals surface area (Å²) in [5.41, 5.74) is -0.906. The Hall–Kier alpha value is -1.69. The van der Waals surface area contributed by atoms with E-state index in [2.05, 4.69) is 15.5 Å². The van der Waals surface area contributed by atoms with Gasteiger partial charge in [0, 0.05) is 31.7 Å². The summed E-state index contributed by atoms with van der Waals surface area (Å²) >= 11 is 0. The van der Waals surface area contributed by atoms with Gasteiger partial charge in [0.05, 0.1) is 17.7 Å². The van der Waals surface area contributed by atoms with E-state index in [1.54, 1.807) is 41.9 Å². The lowest BCUT2D eigenvalue weighted by Crippen LogP contribution is -2.58. The molecule has 1 fully saturated rings. The molecule has 0 spiro atoms. The first-order chi connectivity index (χ1) is 19.4. The van der Waals surface area contributed by atoms with E-state index in [1.165, 1.54) is 0 Å². The molecule has 242 valence electrons. The normalized spacial score (nSPS) is 40.3. The van der Waals surface area contributed by atoms with Crippen LogP contribution in [0, 0.1) is 23.2 Å². The zero-order valence-electron chi connectivity index (χ0n) is 28.2. The fourth-order valence-corrected chi connectivity index (χ4v) is 6.58. The molecule has 0 aromatic carbocycles. The molecule has 2 aliphatic heterocycles. The van der Waals surface area contributed by atoms with Crippen molar-refractivity contribution in [2.24, 2.45) is 23.2 Å². The number of cyclic esters (lactones) is 1. The summed E-state index contributed by atoms with van der Waals surface area (Å²) in [6.45, 7) is 17.2. The molecule has 0 aromatic rings. The molecule has 0 bridgehead atoms. The molecular weight excluding hydrogens is 538 g/mol. The number of ketones is 2. The molecule has 0 amide bonds. The summed E-state index contributed by atoms with van der Waals surface area (Å²) in [5, 5.41) is 6.39. The molecule has 42 heavy (non-hydrogen) atoms. The van der Waals surface area contributed by atoms with Crippen molar-refractivity contribution in [2.45, 2.75) is 117 Å². The Balaban J connectivity index is 2.59. The Morgan fingerprint density at radius 1 is 1.07 bits per heavy atom. The average molecular weight is 596 g/mol. The van der Waals surface area contributed by atoms with Crippen LogP contribution in [-0.4, -0.2) is 99.6 Å². The zero-order chi connectivity index (χ0) is 32.2. The van der Waals surface area contributed by atoms with Gasteiger partial charge in [-0.2, -0.15) is 0 Å². The number of carbonyl (C=O) groups excluding carboxylic acids is 3. The lowest BCUT2D eigenvalue weighted by Gasteiger charge is -2.47. The molecule has 10 heteroatoms. The Kier molecular flexibility index (Phi) is 12.9. The maximum atomic E-state index is 13.9. The number of rotatable bonds is 7. The first kappa shape index (κ1) is 36.5. The van der Waals surface area contributed by atoms with E-state index in [0.717, 1.165) is 6.42 Å². The monoisotopic (exact) mass is 595 g/mol. The van der Waals surface area contributed by atoms with Crippen LogP contribution in [0.25, 0.3) is 0 Å². The van der Waals surface area contributed by atoms with Gasteiger partial charge in [-0.15, -0.1) is 0 Å². The van der Waals surface area contributed by atoms with Crippen LogP contribution in [0.2, 0.25) is 0 Å². The highest BCUT2D eigenvalue weighted by Crippen LogP contribution is 2.40. The van der Waals surface area contributed by atoms with Crippen LogP contribution in [0.15, 0.2) is 11.6 Å². The number of hydrogen-bond acceptors (Lipinski definition) is 10. The van der Waals surface area contributed by atoms with Crippen LogP contribution in [0.4, 0.5) is 0 Å². The van der Waals surface area contributed by atoms with Gasteiger partial charge in [-0.05, 0) is 79.6 Å². The lowest BCUT2D eigenvalue weighted by atomic mass is 9.71. The van der Waals surface area contributed by atoms with Crippen LogP contribution in [0.3, 0.4) is 0 Å². The van der Waals surface area contributed by atoms with E-state index in [-0.39, 0.29) is 29.6 Å². The van der Waals surface area contributed by atoms with Crippen molar-refractivity contribution in [3.8, 4) is 0 Å². The number of carbonyl (C=O) groups is 3. The topological polar surface area (TPSA) is 115 Å². The second-order valence-corrected chi connectivity index (χ2v) is 13.6. The Morgan fingerprint density at radius 3 is 2.24 bits per heavy atom. The van der Waals surface area contributed by atoms with Crippen molar-refractivity contribution in [3.05, 3.63) is 11.6 Å². The summed E-state index contributed by atoms with van der Waals surface area (Å²) < 4.78 is 24.8. The van der Waals surface area contributed by atoms with Gasteiger partial charge in [-0.1, -0.05) is 33.8 Å². The number of Topliss-reactive ketones (excluding diaryl/α,β-unsaturated/α-hetero) is 2. The molecule has 0 radical (unpaired) electrons. The number of methoxy groups -OCH3 is 1. The minimum atomic E-state index is -1.01. The van der Waals surface area contributed by atoms with E-state index >= 15 is 0 Å². The van der Waals surface area contributed by atoms with Gasteiger partial charge in [0.25, 0.3) is 0 Å². The van der Waals surface area contributed by atoms with Gasteiger partial charge in [-0.25, -0.2) is 0 Å². The number of ether oxygens (including phenoxy) is 4. The highest BCUT2D eigenvalue weighted by Gasteiger charge is 2.48. The van der Waals surface area contributed by atoms with Gasteiger partial charge >= 0.3 is 5.97 Å². The molecule has 10 nitrogen and oxygen atoms in total. The molecule has 1 saturated heterocycles. The van der Waals surface area contributed by atoms with E-state index in [4.69, 9.17) is 18.9 Å². The van der Waals surface area contributed by atoms with Crippen LogP contribution < -0.4 is 10.6 Å². The summed E-state index contributed by atoms with van der Waals surface area (Å²) in [6.07, 6.45) is 0.533. The molecule has 0 aromatic heterocycles. The van der Waals surface area contributed by atoms with E-state index < -0.39 is 53.4 Å². The number of nitrogens with one attached hydrogen (secondary N) is 2. The van der Waals surface area contributed by atoms with E-state index in [0.29, 0.717) is 18.7 Å². The van der Waals surface area contributed by atoms with Gasteiger partial charge < -0.3 is 29.2 Å². The quantitative estimate of drug-likeness (QED) is 0.258. The Bertz CT molecular complexity index is 983. The summed E-state index contributed by atoms with van der Waals surface area (Å²) in [7, 11) is 7.44. The summed E-state index contributed by atoms with van der Waals surface area (Å²) in [6, 6.07) is 0.0471. The molecule has 0 aliphatic carbocycles. The SMILES string of the molecule is CNCNC1(C)/C=C(\C)C(=O)C(C)CC(C)(C)C(OC2O[C@H](C)CC(N(C)C)C2OC)[C@@H](C)C(=O)[C@@H](C)C(=O)O[C@@H]1C. The van der Waals surface area contributed by atoms with Crippen LogP contribution in [-0.2, 0) is 33.3 Å². The van der Waals surface area contributed by atoms with E-state index in [1.807, 2.05) is 54.8 Å². The fourth-order valence-electron chi connectivity index (χ4n) is 6.58. The maximum absolute atomic E-state index is 13.9. The zero-order valence-corrected chi connectivity index (χ0v) is 28.2. The number of allylic oxidation sites excluding steroid dienone is 1. The summed E-state index contributed by atoms with van der Waals surface area (Å²) in [5.74, 6) is -2.95. The van der Waals surface area contributed by atoms with Gasteiger partial charge in [0.2, 0.25) is 0 Å². The standard InChI is InChI=1S/C32H57N3O7/c1-18-15-31(7,8)28(42-30-27(39-13)24(35(11)12)14-20(3)40-30)21(4)26(37)22(5)29(38)41-23(6)32(9,34-17-33-10)16-19(2)25(18)36/h16,18,20-24,27-28,30,33-34H,14-15,17H2,1-13H3/b19-16+/t18?,20-,21+,22-,23-,24?,27?,28?,30?,32?/m1/s1. The van der Waals surface area contributed by atoms with Crippen molar-refractivity contribution < 1.29 is 33.3 Å². The summed E-state index contributed by atoms with van der Waals surface area (Å²) in [4.78, 5) is 43.1. The second-order valence-electron chi connectivity index (χ2n) is 13.6. The minimum Gasteiger partial charge on any atom is -0.460 e. The number of esters is 1. The highest BCUT2D eigenvalue weighted by molar-refractivity contribution is 6.00. The first-order valence-electron chi connectivity index (χ1n) is 15.3. The number of likely N-dealkylation sites (N-methyl/N-ethyl adjacent to an activating group) is 1. The van der Waals surface area contributed by atoms with Gasteiger partial charge in [0.15, 0.2) is 17.9 Å². The third-order valence-electron chi connectivity index (χ3n) is 9.23. The van der Waals surface area contributed by atoms with Crippen molar-refractivity contribution in [3.63, 3.8) is 0 Å². The van der Waals surface area contributed by atoms with Crippen molar-refractivity contribution >= 4 is 17.5 Å². The second kappa shape index (κ2) is 14.9. The molecule has 10 atom stereocenters. The Labute approximate surface area is 253 Å². The number of nitrogens with zero attached hydrogens (tertiary/aromatic N) is 1. The third-order valence-corrected chi connectivity index (χ3v) is 9.23. The smallest absolute Gasteiger partial charge is 0.316 e. The van der Waals surface area contributed by atoms with Crippen LogP contribution in [0.1, 0.15) is 75.2 Å². The maximum Gasteiger partial charge on any atom is 0.316 e. The van der Waals surface area contributed by atoms with Crippen LogP contribution >= 0.6 is 0 Å². The molecule has 6 unspecified atom stereocenters. The Morgan fingerprint density at radius 2 is 1.69 bits per heavy atom. The van der Waals surface area contributed by atoms with E-state index in [9.17, 15) is 14.4 Å². The molecule has 2 heterocycles. The number of hydrogen-bond donors (Lipinski definition) is 2. The predicted octanol–water partition coefficient (Wildman–Crippen LogP) is 3.33. The largest absolute Gasteiger partial charge is 0.460 e. The predicted molar refractivity (Wildman–Crippen MR) is 163 cm³/mol. The third kappa shape index (κ3) is 8.48. The molecule has 2 N–H and O–H groups in total. The average Bonchev–Trinajstić information content (AvgIpc) is 2.91. The first-order valence-corrected chi connectivity index (χ1v) is 15.3. The van der Waals surface area contributed by atoms with Crippen molar-refractivity contribution in [2.75, 3.05) is 34.9 Å². The van der Waals surface area contributed by atoms with Gasteiger partial charge in [-0.3, -0.25) is 19.7 Å².